The van der Waals surface area contributed by atoms with Gasteiger partial charge in [0.15, 0.2) is 0 Å². The number of pyridine rings is 2. The van der Waals surface area contributed by atoms with E-state index in [1.807, 2.05) is 18.3 Å². The van der Waals surface area contributed by atoms with Crippen LogP contribution in [0.2, 0.25) is 0 Å². The zero-order valence-corrected chi connectivity index (χ0v) is 30.4. The summed E-state index contributed by atoms with van der Waals surface area (Å²) in [5.74, 6) is 0. The van der Waals surface area contributed by atoms with Gasteiger partial charge in [0.1, 0.15) is 0 Å². The molecule has 4 heterocycles. The van der Waals surface area contributed by atoms with E-state index >= 15 is 0 Å². The highest BCUT2D eigenvalue weighted by atomic mass is 15.0. The minimum Gasteiger partial charge on any atom is -0.309 e. The van der Waals surface area contributed by atoms with Crippen molar-refractivity contribution in [2.24, 2.45) is 0 Å². The molecule has 0 radical (unpaired) electrons. The largest absolute Gasteiger partial charge is 0.309 e. The molecule has 0 atom stereocenters. The molecule has 0 aliphatic carbocycles. The van der Waals surface area contributed by atoms with Crippen molar-refractivity contribution in [3.63, 3.8) is 0 Å². The Morgan fingerprint density at radius 1 is 0.304 bits per heavy atom. The first-order valence-electron chi connectivity index (χ1n) is 19.0. The highest BCUT2D eigenvalue weighted by Gasteiger charge is 2.18. The molecular formula is C52H34N4. The Balaban J connectivity index is 1.08. The normalized spacial score (nSPS) is 11.6. The molecule has 0 spiro atoms. The molecule has 0 unspecified atom stereocenters. The molecule has 56 heavy (non-hydrogen) atoms. The number of para-hydroxylation sites is 2. The maximum Gasteiger partial charge on any atom is 0.0963 e. The van der Waals surface area contributed by atoms with Crippen LogP contribution in [-0.4, -0.2) is 19.1 Å². The Labute approximate surface area is 324 Å². The van der Waals surface area contributed by atoms with Gasteiger partial charge in [-0.15, -0.1) is 0 Å². The maximum absolute atomic E-state index is 5.24. The van der Waals surface area contributed by atoms with Crippen LogP contribution in [0.25, 0.3) is 99.9 Å². The molecular weight excluding hydrogens is 681 g/mol. The second kappa shape index (κ2) is 13.1. The topological polar surface area (TPSA) is 35.6 Å². The van der Waals surface area contributed by atoms with E-state index in [2.05, 4.69) is 197 Å². The van der Waals surface area contributed by atoms with E-state index in [0.29, 0.717) is 0 Å². The Morgan fingerprint density at radius 3 is 1.73 bits per heavy atom. The van der Waals surface area contributed by atoms with E-state index in [0.717, 1.165) is 72.5 Å². The van der Waals surface area contributed by atoms with E-state index in [1.54, 1.807) is 0 Å². The number of nitrogens with zero attached hydrogens (tertiary/aromatic N) is 4. The van der Waals surface area contributed by atoms with Crippen molar-refractivity contribution >= 4 is 43.7 Å². The van der Waals surface area contributed by atoms with Gasteiger partial charge in [-0.05, 0) is 101 Å². The summed E-state index contributed by atoms with van der Waals surface area (Å²) in [4.78, 5) is 10.1. The minimum atomic E-state index is 0.926. The van der Waals surface area contributed by atoms with Gasteiger partial charge in [-0.25, -0.2) is 4.98 Å². The second-order valence-electron chi connectivity index (χ2n) is 14.3. The molecule has 4 aromatic heterocycles. The smallest absolute Gasteiger partial charge is 0.0963 e. The molecule has 0 aliphatic rings. The SMILES string of the molecule is c1ccc(-c2cc(-c3ccccc3)nc(-c3cccc(-n4c5cc(-c6ccc7c(c6)c6ccccc6n7-c6ccccc6)ccc5c5ncccc54)c3)c2)cc1. The van der Waals surface area contributed by atoms with Crippen molar-refractivity contribution in [2.75, 3.05) is 0 Å². The fourth-order valence-electron chi connectivity index (χ4n) is 8.33. The molecule has 4 heteroatoms. The Morgan fingerprint density at radius 2 is 0.911 bits per heavy atom. The van der Waals surface area contributed by atoms with Crippen LogP contribution in [0.5, 0.6) is 0 Å². The molecule has 7 aromatic carbocycles. The fourth-order valence-corrected chi connectivity index (χ4v) is 8.33. The summed E-state index contributed by atoms with van der Waals surface area (Å²) >= 11 is 0. The molecule has 0 N–H and O–H groups in total. The Bertz CT molecular complexity index is 3170. The molecule has 0 fully saturated rings. The van der Waals surface area contributed by atoms with E-state index < -0.39 is 0 Å². The van der Waals surface area contributed by atoms with E-state index in [1.165, 1.54) is 27.4 Å². The third-order valence-corrected chi connectivity index (χ3v) is 10.9. The van der Waals surface area contributed by atoms with Gasteiger partial charge in [0.2, 0.25) is 0 Å². The molecule has 0 saturated carbocycles. The molecule has 0 bridgehead atoms. The van der Waals surface area contributed by atoms with Gasteiger partial charge in [0, 0.05) is 44.9 Å². The summed E-state index contributed by atoms with van der Waals surface area (Å²) in [7, 11) is 0. The van der Waals surface area contributed by atoms with Gasteiger partial charge in [0.25, 0.3) is 0 Å². The second-order valence-corrected chi connectivity index (χ2v) is 14.3. The summed E-state index contributed by atoms with van der Waals surface area (Å²) in [6, 6.07) is 71.3. The van der Waals surface area contributed by atoms with Crippen molar-refractivity contribution in [3.8, 4) is 56.1 Å². The number of hydrogen-bond acceptors (Lipinski definition) is 2. The van der Waals surface area contributed by atoms with Crippen LogP contribution in [0, 0.1) is 0 Å². The van der Waals surface area contributed by atoms with Gasteiger partial charge >= 0.3 is 0 Å². The van der Waals surface area contributed by atoms with Crippen LogP contribution in [-0.2, 0) is 0 Å². The van der Waals surface area contributed by atoms with Crippen LogP contribution in [0.1, 0.15) is 0 Å². The van der Waals surface area contributed by atoms with Crippen molar-refractivity contribution in [1.82, 2.24) is 19.1 Å². The standard InChI is InChI=1S/C52H34N4/c1-4-14-35(15-5-1)40-32-46(36-16-6-2-7-17-36)54-47(33-40)39-18-12-21-42(30-39)56-50-24-13-29-53-52(50)44-27-25-38(34-51(44)56)37-26-28-49-45(31-37)43-22-10-11-23-48(43)55(49)41-19-8-3-9-20-41/h1-34H. The number of hydrogen-bond donors (Lipinski definition) is 0. The van der Waals surface area contributed by atoms with Crippen molar-refractivity contribution in [3.05, 3.63) is 206 Å². The zero-order valence-electron chi connectivity index (χ0n) is 30.4. The first kappa shape index (κ1) is 31.9. The Kier molecular flexibility index (Phi) is 7.46. The fraction of sp³-hybridized carbons (Fsp3) is 0. The lowest BCUT2D eigenvalue weighted by Crippen LogP contribution is -1.96. The summed E-state index contributed by atoms with van der Waals surface area (Å²) in [5, 5.41) is 3.59. The lowest BCUT2D eigenvalue weighted by Gasteiger charge is -2.13. The lowest BCUT2D eigenvalue weighted by atomic mass is 10.00. The molecule has 262 valence electrons. The van der Waals surface area contributed by atoms with Crippen molar-refractivity contribution < 1.29 is 0 Å². The lowest BCUT2D eigenvalue weighted by molar-refractivity contribution is 1.17. The Hall–Kier alpha value is -7.56. The van der Waals surface area contributed by atoms with Crippen LogP contribution >= 0.6 is 0 Å². The highest BCUT2D eigenvalue weighted by molar-refractivity contribution is 6.11. The quantitative estimate of drug-likeness (QED) is 0.172. The molecule has 0 amide bonds. The maximum atomic E-state index is 5.24. The van der Waals surface area contributed by atoms with Gasteiger partial charge in [-0.1, -0.05) is 121 Å². The third kappa shape index (κ3) is 5.31. The third-order valence-electron chi connectivity index (χ3n) is 10.9. The number of benzene rings is 7. The predicted molar refractivity (Wildman–Crippen MR) is 232 cm³/mol. The van der Waals surface area contributed by atoms with Gasteiger partial charge in [0.05, 0.1) is 39.0 Å². The monoisotopic (exact) mass is 714 g/mol. The average Bonchev–Trinajstić information content (AvgIpc) is 3.79. The molecule has 0 aliphatic heterocycles. The summed E-state index contributed by atoms with van der Waals surface area (Å²) in [5.41, 5.74) is 16.4. The van der Waals surface area contributed by atoms with Crippen LogP contribution in [0.4, 0.5) is 0 Å². The molecule has 11 rings (SSSR count). The first-order chi connectivity index (χ1) is 27.8. The summed E-state index contributed by atoms with van der Waals surface area (Å²) in [6.07, 6.45) is 1.89. The summed E-state index contributed by atoms with van der Waals surface area (Å²) < 4.78 is 4.71. The van der Waals surface area contributed by atoms with Gasteiger partial charge < -0.3 is 9.13 Å². The molecule has 11 aromatic rings. The van der Waals surface area contributed by atoms with Crippen molar-refractivity contribution in [2.45, 2.75) is 0 Å². The zero-order chi connectivity index (χ0) is 37.0. The molecule has 4 nitrogen and oxygen atoms in total. The highest BCUT2D eigenvalue weighted by Crippen LogP contribution is 2.38. The number of aromatic nitrogens is 4. The average molecular weight is 715 g/mol. The van der Waals surface area contributed by atoms with E-state index in [4.69, 9.17) is 9.97 Å². The minimum absolute atomic E-state index is 0.926. The van der Waals surface area contributed by atoms with Gasteiger partial charge in [-0.2, -0.15) is 0 Å². The van der Waals surface area contributed by atoms with Crippen LogP contribution in [0.15, 0.2) is 206 Å². The number of fused-ring (bicyclic) bond motifs is 6. The van der Waals surface area contributed by atoms with Crippen LogP contribution < -0.4 is 0 Å². The molecule has 0 saturated heterocycles. The van der Waals surface area contributed by atoms with Crippen molar-refractivity contribution in [1.29, 1.82) is 0 Å². The van der Waals surface area contributed by atoms with Crippen LogP contribution in [0.3, 0.4) is 0 Å². The summed E-state index contributed by atoms with van der Waals surface area (Å²) in [6.45, 7) is 0. The predicted octanol–water partition coefficient (Wildman–Crippen LogP) is 13.3. The number of rotatable bonds is 6. The first-order valence-corrected chi connectivity index (χ1v) is 19.0. The van der Waals surface area contributed by atoms with E-state index in [9.17, 15) is 0 Å². The van der Waals surface area contributed by atoms with E-state index in [-0.39, 0.29) is 0 Å². The van der Waals surface area contributed by atoms with Gasteiger partial charge in [-0.3, -0.25) is 4.98 Å².